The van der Waals surface area contributed by atoms with E-state index in [9.17, 15) is 9.59 Å². The monoisotopic (exact) mass is 196 g/mol. The molecule has 0 spiro atoms. The van der Waals surface area contributed by atoms with Crippen LogP contribution in [0.3, 0.4) is 0 Å². The van der Waals surface area contributed by atoms with Crippen molar-refractivity contribution in [1.82, 2.24) is 0 Å². The highest BCUT2D eigenvalue weighted by molar-refractivity contribution is 5.88. The molecule has 0 amide bonds. The smallest absolute Gasteiger partial charge is 0.337 e. The van der Waals surface area contributed by atoms with Gasteiger partial charge < -0.3 is 15.3 Å². The number of aromatic carboxylic acids is 1. The van der Waals surface area contributed by atoms with Gasteiger partial charge in [0.1, 0.15) is 0 Å². The number of benzene rings is 1. The maximum absolute atomic E-state index is 10.5. The van der Waals surface area contributed by atoms with Gasteiger partial charge in [0.05, 0.1) is 5.56 Å². The summed E-state index contributed by atoms with van der Waals surface area (Å²) in [4.78, 5) is 20.9. The largest absolute Gasteiger partial charge is 0.479 e. The van der Waals surface area contributed by atoms with Crippen molar-refractivity contribution in [3.8, 4) is 0 Å². The zero-order chi connectivity index (χ0) is 10.7. The van der Waals surface area contributed by atoms with Crippen LogP contribution in [0.5, 0.6) is 0 Å². The van der Waals surface area contributed by atoms with Crippen LogP contribution < -0.4 is 0 Å². The number of aliphatic hydroxyl groups excluding tert-OH is 1. The van der Waals surface area contributed by atoms with Gasteiger partial charge in [-0.1, -0.05) is 12.1 Å². The molecule has 0 saturated carbocycles. The van der Waals surface area contributed by atoms with Gasteiger partial charge in [-0.15, -0.1) is 0 Å². The van der Waals surface area contributed by atoms with E-state index in [1.165, 1.54) is 18.2 Å². The second-order valence-corrected chi connectivity index (χ2v) is 2.67. The minimum atomic E-state index is -1.69. The van der Waals surface area contributed by atoms with E-state index in [0.29, 0.717) is 0 Å². The Labute approximate surface area is 79.2 Å². The fraction of sp³-hybridized carbons (Fsp3) is 0.111. The fourth-order valence-electron chi connectivity index (χ4n) is 0.984. The molecule has 1 aromatic rings. The summed E-state index contributed by atoms with van der Waals surface area (Å²) in [6.07, 6.45) is -1.69. The lowest BCUT2D eigenvalue weighted by Gasteiger charge is -2.05. The maximum Gasteiger partial charge on any atom is 0.337 e. The normalized spacial score (nSPS) is 12.1. The zero-order valence-corrected chi connectivity index (χ0v) is 7.04. The number of aliphatic carboxylic acids is 1. The average molecular weight is 196 g/mol. The third kappa shape index (κ3) is 2.08. The van der Waals surface area contributed by atoms with Crippen LogP contribution in [-0.2, 0) is 4.79 Å². The van der Waals surface area contributed by atoms with Crippen molar-refractivity contribution in [3.05, 3.63) is 35.4 Å². The van der Waals surface area contributed by atoms with E-state index in [1.54, 1.807) is 0 Å². The number of aliphatic hydroxyl groups is 1. The lowest BCUT2D eigenvalue weighted by molar-refractivity contribution is -0.146. The first-order chi connectivity index (χ1) is 6.52. The molecule has 0 aliphatic heterocycles. The van der Waals surface area contributed by atoms with Crippen LogP contribution in [-0.4, -0.2) is 27.3 Å². The Morgan fingerprint density at radius 2 is 1.86 bits per heavy atom. The van der Waals surface area contributed by atoms with E-state index in [4.69, 9.17) is 15.3 Å². The predicted molar refractivity (Wildman–Crippen MR) is 46.0 cm³/mol. The van der Waals surface area contributed by atoms with Gasteiger partial charge in [0, 0.05) is 0 Å². The number of carboxylic acid groups (broad SMARTS) is 2. The van der Waals surface area contributed by atoms with Crippen molar-refractivity contribution >= 4 is 11.9 Å². The lowest BCUT2D eigenvalue weighted by Crippen LogP contribution is -2.11. The summed E-state index contributed by atoms with van der Waals surface area (Å²) in [6, 6.07) is 5.18. The molecule has 1 rings (SSSR count). The molecule has 0 heterocycles. The maximum atomic E-state index is 10.5. The van der Waals surface area contributed by atoms with E-state index in [2.05, 4.69) is 0 Å². The molecule has 5 heteroatoms. The van der Waals surface area contributed by atoms with Crippen molar-refractivity contribution in [3.63, 3.8) is 0 Å². The van der Waals surface area contributed by atoms with Crippen LogP contribution in [0.4, 0.5) is 0 Å². The molecule has 0 unspecified atom stereocenters. The molecule has 0 bridgehead atoms. The second-order valence-electron chi connectivity index (χ2n) is 2.67. The Morgan fingerprint density at radius 3 is 2.36 bits per heavy atom. The number of rotatable bonds is 3. The molecule has 3 N–H and O–H groups in total. The molecule has 0 fully saturated rings. The summed E-state index contributed by atoms with van der Waals surface area (Å²) in [5.74, 6) is -2.57. The molecular weight excluding hydrogens is 188 g/mol. The fourth-order valence-corrected chi connectivity index (χ4v) is 0.984. The van der Waals surface area contributed by atoms with Crippen LogP contribution in [0.2, 0.25) is 0 Å². The molecule has 74 valence electrons. The summed E-state index contributed by atoms with van der Waals surface area (Å²) in [7, 11) is 0. The van der Waals surface area contributed by atoms with Gasteiger partial charge in [-0.25, -0.2) is 9.59 Å². The molecular formula is C9H8O5. The standard InChI is InChI=1S/C9H8O5/c10-7(9(13)14)5-2-1-3-6(4-5)8(11)12/h1-4,7,10H,(H,11,12)(H,13,14)/t7-/m1/s1. The number of carboxylic acids is 2. The molecule has 0 aliphatic rings. The van der Waals surface area contributed by atoms with Crippen molar-refractivity contribution in [2.45, 2.75) is 6.10 Å². The number of carbonyl (C=O) groups is 2. The molecule has 1 aromatic carbocycles. The highest BCUT2D eigenvalue weighted by Gasteiger charge is 2.16. The van der Waals surface area contributed by atoms with E-state index in [0.717, 1.165) is 6.07 Å². The van der Waals surface area contributed by atoms with Gasteiger partial charge >= 0.3 is 11.9 Å². The van der Waals surface area contributed by atoms with Gasteiger partial charge in [0.15, 0.2) is 6.10 Å². The Hall–Kier alpha value is -1.88. The van der Waals surface area contributed by atoms with Gasteiger partial charge in [-0.2, -0.15) is 0 Å². The molecule has 1 atom stereocenters. The highest BCUT2D eigenvalue weighted by atomic mass is 16.4. The second kappa shape index (κ2) is 3.89. The summed E-state index contributed by atoms with van der Waals surface area (Å²) in [6.45, 7) is 0. The first-order valence-electron chi connectivity index (χ1n) is 3.76. The van der Waals surface area contributed by atoms with Crippen LogP contribution in [0.25, 0.3) is 0 Å². The highest BCUT2D eigenvalue weighted by Crippen LogP contribution is 2.14. The Bertz CT molecular complexity index is 371. The Kier molecular flexibility index (Phi) is 2.83. The predicted octanol–water partition coefficient (Wildman–Crippen LogP) is 0.503. The first-order valence-corrected chi connectivity index (χ1v) is 3.76. The molecule has 0 aromatic heterocycles. The van der Waals surface area contributed by atoms with Crippen molar-refractivity contribution < 1.29 is 24.9 Å². The molecule has 0 radical (unpaired) electrons. The summed E-state index contributed by atoms with van der Waals surface area (Å²) >= 11 is 0. The van der Waals surface area contributed by atoms with Gasteiger partial charge in [-0.05, 0) is 17.7 Å². The van der Waals surface area contributed by atoms with Crippen molar-refractivity contribution in [1.29, 1.82) is 0 Å². The quantitative estimate of drug-likeness (QED) is 0.654. The molecule has 0 aliphatic carbocycles. The Morgan fingerprint density at radius 1 is 1.21 bits per heavy atom. The van der Waals surface area contributed by atoms with Crippen LogP contribution in [0.1, 0.15) is 22.0 Å². The average Bonchev–Trinajstić information content (AvgIpc) is 2.16. The summed E-state index contributed by atoms with van der Waals surface area (Å²) in [5.41, 5.74) is 0.000185. The van der Waals surface area contributed by atoms with E-state index < -0.39 is 18.0 Å². The minimum Gasteiger partial charge on any atom is -0.479 e. The van der Waals surface area contributed by atoms with Gasteiger partial charge in [0.25, 0.3) is 0 Å². The van der Waals surface area contributed by atoms with Crippen LogP contribution >= 0.6 is 0 Å². The lowest BCUT2D eigenvalue weighted by atomic mass is 10.1. The summed E-state index contributed by atoms with van der Waals surface area (Å²) < 4.78 is 0. The topological polar surface area (TPSA) is 94.8 Å². The molecule has 14 heavy (non-hydrogen) atoms. The minimum absolute atomic E-state index is 0.0530. The Balaban J connectivity index is 3.05. The third-order valence-corrected chi connectivity index (χ3v) is 1.68. The van der Waals surface area contributed by atoms with Crippen LogP contribution in [0, 0.1) is 0 Å². The number of hydrogen-bond donors (Lipinski definition) is 3. The van der Waals surface area contributed by atoms with E-state index >= 15 is 0 Å². The van der Waals surface area contributed by atoms with E-state index in [-0.39, 0.29) is 11.1 Å². The SMILES string of the molecule is O=C(O)c1cccc([C@@H](O)C(=O)O)c1. The van der Waals surface area contributed by atoms with E-state index in [1.807, 2.05) is 0 Å². The van der Waals surface area contributed by atoms with Crippen molar-refractivity contribution in [2.24, 2.45) is 0 Å². The summed E-state index contributed by atoms with van der Waals surface area (Å²) in [5, 5.41) is 26.2. The molecule has 0 saturated heterocycles. The number of hydrogen-bond acceptors (Lipinski definition) is 3. The van der Waals surface area contributed by atoms with Crippen molar-refractivity contribution in [2.75, 3.05) is 0 Å². The van der Waals surface area contributed by atoms with Crippen LogP contribution in [0.15, 0.2) is 24.3 Å². The molecule has 5 nitrogen and oxygen atoms in total. The van der Waals surface area contributed by atoms with Gasteiger partial charge in [-0.3, -0.25) is 0 Å². The third-order valence-electron chi connectivity index (χ3n) is 1.68. The zero-order valence-electron chi connectivity index (χ0n) is 7.04. The first kappa shape index (κ1) is 10.2. The van der Waals surface area contributed by atoms with Gasteiger partial charge in [0.2, 0.25) is 0 Å².